The zero-order chi connectivity index (χ0) is 14.0. The summed E-state index contributed by atoms with van der Waals surface area (Å²) in [5.74, 6) is -0.252. The van der Waals surface area contributed by atoms with Crippen LogP contribution in [0, 0.1) is 13.8 Å². The van der Waals surface area contributed by atoms with Gasteiger partial charge >= 0.3 is 0 Å². The zero-order valence-corrected chi connectivity index (χ0v) is 11.6. The molecule has 2 rings (SSSR count). The number of nitrogen functional groups attached to an aromatic ring is 1. The van der Waals surface area contributed by atoms with E-state index in [1.165, 1.54) is 0 Å². The van der Waals surface area contributed by atoms with Gasteiger partial charge in [0.25, 0.3) is 5.91 Å². The first kappa shape index (κ1) is 13.4. The molecule has 2 aromatic carbocycles. The van der Waals surface area contributed by atoms with E-state index in [0.717, 1.165) is 16.8 Å². The average Bonchev–Trinajstić information content (AvgIpc) is 2.37. The van der Waals surface area contributed by atoms with Gasteiger partial charge in [0.2, 0.25) is 0 Å². The van der Waals surface area contributed by atoms with Crippen LogP contribution in [0.5, 0.6) is 0 Å². The van der Waals surface area contributed by atoms with Crippen molar-refractivity contribution in [2.24, 2.45) is 0 Å². The van der Waals surface area contributed by atoms with E-state index in [1.54, 1.807) is 18.2 Å². The largest absolute Gasteiger partial charge is 0.397 e. The number of rotatable bonds is 2. The Hall–Kier alpha value is -2.00. The Morgan fingerprint density at radius 1 is 1.11 bits per heavy atom. The minimum Gasteiger partial charge on any atom is -0.397 e. The summed E-state index contributed by atoms with van der Waals surface area (Å²) in [6.07, 6.45) is 0. The number of benzene rings is 2. The molecule has 19 heavy (non-hydrogen) atoms. The maximum absolute atomic E-state index is 12.2. The number of carbonyl (C=O) groups is 1. The highest BCUT2D eigenvalue weighted by Crippen LogP contribution is 2.25. The number of halogens is 1. The highest BCUT2D eigenvalue weighted by Gasteiger charge is 2.13. The molecule has 0 saturated heterocycles. The summed E-state index contributed by atoms with van der Waals surface area (Å²) in [5.41, 5.74) is 9.33. The van der Waals surface area contributed by atoms with Gasteiger partial charge in [-0.15, -0.1) is 0 Å². The molecule has 3 nitrogen and oxygen atoms in total. The van der Waals surface area contributed by atoms with Crippen molar-refractivity contribution in [3.8, 4) is 0 Å². The zero-order valence-electron chi connectivity index (χ0n) is 10.8. The number of carbonyl (C=O) groups excluding carboxylic acids is 1. The Balaban J connectivity index is 2.34. The molecule has 0 bridgehead atoms. The number of para-hydroxylation sites is 2. The smallest absolute Gasteiger partial charge is 0.257 e. The first-order valence-electron chi connectivity index (χ1n) is 5.92. The van der Waals surface area contributed by atoms with Crippen molar-refractivity contribution in [2.45, 2.75) is 13.8 Å². The van der Waals surface area contributed by atoms with Gasteiger partial charge in [0, 0.05) is 5.69 Å². The minimum atomic E-state index is -0.252. The highest BCUT2D eigenvalue weighted by molar-refractivity contribution is 6.34. The monoisotopic (exact) mass is 274 g/mol. The quantitative estimate of drug-likeness (QED) is 0.819. The number of nitrogens with two attached hydrogens (primary N) is 1. The van der Waals surface area contributed by atoms with Crippen molar-refractivity contribution in [2.75, 3.05) is 11.1 Å². The Morgan fingerprint density at radius 2 is 1.68 bits per heavy atom. The molecule has 0 aromatic heterocycles. The predicted molar refractivity (Wildman–Crippen MR) is 79.7 cm³/mol. The predicted octanol–water partition coefficient (Wildman–Crippen LogP) is 3.79. The van der Waals surface area contributed by atoms with Crippen LogP contribution >= 0.6 is 11.6 Å². The van der Waals surface area contributed by atoms with Crippen LogP contribution in [0.15, 0.2) is 36.4 Å². The van der Waals surface area contributed by atoms with E-state index in [0.29, 0.717) is 16.3 Å². The fourth-order valence-electron chi connectivity index (χ4n) is 1.93. The number of hydrogen-bond donors (Lipinski definition) is 2. The van der Waals surface area contributed by atoms with Crippen molar-refractivity contribution in [1.29, 1.82) is 0 Å². The number of anilines is 2. The van der Waals surface area contributed by atoms with Gasteiger partial charge in [0.05, 0.1) is 16.3 Å². The lowest BCUT2D eigenvalue weighted by molar-refractivity contribution is 0.102. The summed E-state index contributed by atoms with van der Waals surface area (Å²) >= 11 is 5.92. The van der Waals surface area contributed by atoms with E-state index in [-0.39, 0.29) is 5.91 Å². The van der Waals surface area contributed by atoms with Crippen molar-refractivity contribution in [1.82, 2.24) is 0 Å². The maximum atomic E-state index is 12.2. The van der Waals surface area contributed by atoms with E-state index < -0.39 is 0 Å². The molecule has 0 heterocycles. The van der Waals surface area contributed by atoms with Crippen LogP contribution in [0.2, 0.25) is 5.02 Å². The molecule has 0 aliphatic rings. The third kappa shape index (κ3) is 2.71. The second-order valence-electron chi connectivity index (χ2n) is 4.42. The molecule has 0 spiro atoms. The molecule has 0 fully saturated rings. The van der Waals surface area contributed by atoms with Gasteiger partial charge in [-0.3, -0.25) is 4.79 Å². The number of nitrogens with one attached hydrogen (secondary N) is 1. The molecule has 3 N–H and O–H groups in total. The third-order valence-electron chi connectivity index (χ3n) is 3.02. The molecule has 0 radical (unpaired) electrons. The molecular formula is C15H15ClN2O. The lowest BCUT2D eigenvalue weighted by atomic mass is 10.1. The average molecular weight is 275 g/mol. The van der Waals surface area contributed by atoms with Gasteiger partial charge in [-0.05, 0) is 37.1 Å². The fourth-order valence-corrected chi connectivity index (χ4v) is 2.10. The van der Waals surface area contributed by atoms with Crippen molar-refractivity contribution in [3.63, 3.8) is 0 Å². The van der Waals surface area contributed by atoms with E-state index in [1.807, 2.05) is 32.0 Å². The SMILES string of the molecule is Cc1cccc(C)c1NC(=O)c1cccc(Cl)c1N. The summed E-state index contributed by atoms with van der Waals surface area (Å²) in [5, 5.41) is 3.27. The van der Waals surface area contributed by atoms with Crippen LogP contribution in [-0.4, -0.2) is 5.91 Å². The second-order valence-corrected chi connectivity index (χ2v) is 4.83. The Bertz CT molecular complexity index is 618. The molecule has 98 valence electrons. The first-order chi connectivity index (χ1) is 9.00. The van der Waals surface area contributed by atoms with Crippen LogP contribution in [-0.2, 0) is 0 Å². The van der Waals surface area contributed by atoms with Gasteiger partial charge in [-0.2, -0.15) is 0 Å². The van der Waals surface area contributed by atoms with Crippen LogP contribution in [0.25, 0.3) is 0 Å². The van der Waals surface area contributed by atoms with Gasteiger partial charge in [0.1, 0.15) is 0 Å². The van der Waals surface area contributed by atoms with Crippen LogP contribution in [0.4, 0.5) is 11.4 Å². The van der Waals surface area contributed by atoms with Crippen molar-refractivity contribution >= 4 is 28.9 Å². The lowest BCUT2D eigenvalue weighted by Crippen LogP contribution is -2.15. The summed E-state index contributed by atoms with van der Waals surface area (Å²) in [7, 11) is 0. The summed E-state index contributed by atoms with van der Waals surface area (Å²) < 4.78 is 0. The lowest BCUT2D eigenvalue weighted by Gasteiger charge is -2.12. The molecule has 0 atom stereocenters. The van der Waals surface area contributed by atoms with Crippen LogP contribution in [0.1, 0.15) is 21.5 Å². The van der Waals surface area contributed by atoms with E-state index in [4.69, 9.17) is 17.3 Å². The molecule has 0 aliphatic carbocycles. The Labute approximate surface area is 117 Å². The number of hydrogen-bond acceptors (Lipinski definition) is 2. The standard InChI is InChI=1S/C15H15ClN2O/c1-9-5-3-6-10(2)14(9)18-15(19)11-7-4-8-12(16)13(11)17/h3-8H,17H2,1-2H3,(H,18,19). The molecular weight excluding hydrogens is 260 g/mol. The van der Waals surface area contributed by atoms with Crippen molar-refractivity contribution in [3.05, 3.63) is 58.1 Å². The highest BCUT2D eigenvalue weighted by atomic mass is 35.5. The van der Waals surface area contributed by atoms with Crippen LogP contribution < -0.4 is 11.1 Å². The van der Waals surface area contributed by atoms with Crippen LogP contribution in [0.3, 0.4) is 0 Å². The molecule has 0 aliphatic heterocycles. The Morgan fingerprint density at radius 3 is 2.32 bits per heavy atom. The minimum absolute atomic E-state index is 0.252. The van der Waals surface area contributed by atoms with E-state index in [2.05, 4.69) is 5.32 Å². The summed E-state index contributed by atoms with van der Waals surface area (Å²) in [6, 6.07) is 10.9. The van der Waals surface area contributed by atoms with Gasteiger partial charge in [-0.25, -0.2) is 0 Å². The van der Waals surface area contributed by atoms with Gasteiger partial charge in [0.15, 0.2) is 0 Å². The number of amides is 1. The van der Waals surface area contributed by atoms with E-state index in [9.17, 15) is 4.79 Å². The van der Waals surface area contributed by atoms with Gasteiger partial charge < -0.3 is 11.1 Å². The summed E-state index contributed by atoms with van der Waals surface area (Å²) in [6.45, 7) is 3.90. The van der Waals surface area contributed by atoms with E-state index >= 15 is 0 Å². The normalized spacial score (nSPS) is 10.3. The molecule has 2 aromatic rings. The Kier molecular flexibility index (Phi) is 3.76. The van der Waals surface area contributed by atoms with Crippen molar-refractivity contribution < 1.29 is 4.79 Å². The number of aryl methyl sites for hydroxylation is 2. The molecule has 0 unspecified atom stereocenters. The topological polar surface area (TPSA) is 55.1 Å². The fraction of sp³-hybridized carbons (Fsp3) is 0.133. The third-order valence-corrected chi connectivity index (χ3v) is 3.35. The first-order valence-corrected chi connectivity index (χ1v) is 6.30. The van der Waals surface area contributed by atoms with Gasteiger partial charge in [-0.1, -0.05) is 35.9 Å². The molecule has 0 saturated carbocycles. The second kappa shape index (κ2) is 5.33. The molecule has 1 amide bonds. The molecule has 4 heteroatoms. The summed E-state index contributed by atoms with van der Waals surface area (Å²) in [4.78, 5) is 12.2. The maximum Gasteiger partial charge on any atom is 0.257 e.